The van der Waals surface area contributed by atoms with E-state index in [2.05, 4.69) is 5.32 Å². The van der Waals surface area contributed by atoms with Gasteiger partial charge in [0.2, 0.25) is 0 Å². The van der Waals surface area contributed by atoms with Crippen LogP contribution >= 0.6 is 0 Å². The summed E-state index contributed by atoms with van der Waals surface area (Å²) < 4.78 is 11.1. The van der Waals surface area contributed by atoms with Crippen LogP contribution < -0.4 is 15.0 Å². The van der Waals surface area contributed by atoms with E-state index in [9.17, 15) is 14.4 Å². The fourth-order valence-corrected chi connectivity index (χ4v) is 5.23. The first-order valence-corrected chi connectivity index (χ1v) is 15.1. The van der Waals surface area contributed by atoms with E-state index in [0.717, 1.165) is 22.0 Å². The molecule has 232 valence electrons. The Labute approximate surface area is 269 Å². The average Bonchev–Trinajstić information content (AvgIpc) is 3.10. The SMILES string of the molecule is CC=CC(=O)N(CCOc1ccc(C[C@H](Nc2ccccc2C(=O)c2ccccc2)C(=O)OC)cc1)c1ccc2ccccc2c1. The number of methoxy groups -OCH3 is 1. The van der Waals surface area contributed by atoms with Crippen molar-refractivity contribution in [2.75, 3.05) is 30.5 Å². The molecule has 7 nitrogen and oxygen atoms in total. The number of hydrogen-bond donors (Lipinski definition) is 1. The zero-order valence-electron chi connectivity index (χ0n) is 25.9. The van der Waals surface area contributed by atoms with Crippen LogP contribution in [0.1, 0.15) is 28.4 Å². The highest BCUT2D eigenvalue weighted by molar-refractivity contribution is 6.12. The van der Waals surface area contributed by atoms with Gasteiger partial charge in [-0.1, -0.05) is 91.0 Å². The molecule has 0 saturated heterocycles. The van der Waals surface area contributed by atoms with E-state index in [0.29, 0.717) is 35.5 Å². The molecule has 0 fully saturated rings. The van der Waals surface area contributed by atoms with Crippen molar-refractivity contribution in [1.29, 1.82) is 0 Å². The maximum Gasteiger partial charge on any atom is 0.328 e. The van der Waals surface area contributed by atoms with Crippen LogP contribution in [0.3, 0.4) is 0 Å². The monoisotopic (exact) mass is 612 g/mol. The van der Waals surface area contributed by atoms with Crippen LogP contribution in [0.5, 0.6) is 5.75 Å². The molecular formula is C39H36N2O5. The van der Waals surface area contributed by atoms with Gasteiger partial charge in [0.1, 0.15) is 18.4 Å². The third kappa shape index (κ3) is 7.87. The normalized spacial score (nSPS) is 11.6. The largest absolute Gasteiger partial charge is 0.492 e. The molecule has 0 spiro atoms. The smallest absolute Gasteiger partial charge is 0.328 e. The van der Waals surface area contributed by atoms with Crippen LogP contribution in [0.15, 0.2) is 133 Å². The first-order valence-electron chi connectivity index (χ1n) is 15.1. The van der Waals surface area contributed by atoms with Crippen LogP contribution in [0.25, 0.3) is 10.8 Å². The molecule has 5 aromatic rings. The summed E-state index contributed by atoms with van der Waals surface area (Å²) in [5, 5.41) is 5.40. The molecule has 0 aliphatic rings. The van der Waals surface area contributed by atoms with Crippen molar-refractivity contribution >= 4 is 39.8 Å². The van der Waals surface area contributed by atoms with Gasteiger partial charge in [-0.15, -0.1) is 0 Å². The summed E-state index contributed by atoms with van der Waals surface area (Å²) in [7, 11) is 1.34. The Bertz CT molecular complexity index is 1830. The fraction of sp³-hybridized carbons (Fsp3) is 0.154. The van der Waals surface area contributed by atoms with E-state index in [1.165, 1.54) is 7.11 Å². The predicted octanol–water partition coefficient (Wildman–Crippen LogP) is 7.26. The number of anilines is 2. The second-order valence-corrected chi connectivity index (χ2v) is 10.7. The van der Waals surface area contributed by atoms with Crippen LogP contribution in [0, 0.1) is 0 Å². The minimum absolute atomic E-state index is 0.120. The second-order valence-electron chi connectivity index (χ2n) is 10.7. The summed E-state index contributed by atoms with van der Waals surface area (Å²) in [6.45, 7) is 2.46. The van der Waals surface area contributed by atoms with Gasteiger partial charge >= 0.3 is 5.97 Å². The molecule has 0 heterocycles. The average molecular weight is 613 g/mol. The van der Waals surface area contributed by atoms with Crippen molar-refractivity contribution in [3.63, 3.8) is 0 Å². The second kappa shape index (κ2) is 15.3. The highest BCUT2D eigenvalue weighted by Gasteiger charge is 2.23. The van der Waals surface area contributed by atoms with Gasteiger partial charge in [0.15, 0.2) is 5.78 Å². The van der Waals surface area contributed by atoms with Gasteiger partial charge in [-0.25, -0.2) is 4.79 Å². The van der Waals surface area contributed by atoms with Crippen molar-refractivity contribution in [2.45, 2.75) is 19.4 Å². The molecule has 7 heteroatoms. The number of esters is 1. The predicted molar refractivity (Wildman–Crippen MR) is 182 cm³/mol. The van der Waals surface area contributed by atoms with E-state index in [1.54, 1.807) is 47.4 Å². The number of benzene rings is 5. The molecule has 0 bridgehead atoms. The Morgan fingerprint density at radius 2 is 1.50 bits per heavy atom. The van der Waals surface area contributed by atoms with Crippen LogP contribution in [-0.4, -0.2) is 44.0 Å². The van der Waals surface area contributed by atoms with Crippen LogP contribution in [0.4, 0.5) is 11.4 Å². The number of nitrogens with one attached hydrogen (secondary N) is 1. The Balaban J connectivity index is 1.24. The number of allylic oxidation sites excluding steroid dienone is 1. The summed E-state index contributed by atoms with van der Waals surface area (Å²) in [4.78, 5) is 40.7. The number of rotatable bonds is 13. The molecule has 0 unspecified atom stereocenters. The Morgan fingerprint density at radius 1 is 0.804 bits per heavy atom. The van der Waals surface area contributed by atoms with E-state index in [-0.39, 0.29) is 18.3 Å². The molecule has 1 N–H and O–H groups in total. The van der Waals surface area contributed by atoms with Gasteiger partial charge in [0.25, 0.3) is 5.91 Å². The molecule has 1 amide bonds. The Morgan fingerprint density at radius 3 is 2.24 bits per heavy atom. The minimum atomic E-state index is -0.727. The standard InChI is InChI=1S/C39H36N2O5/c1-3-11-37(42)41(32-21-20-29-12-7-8-15-31(29)27-32)24-25-46-33-22-18-28(19-23-33)26-36(39(44)45-2)40-35-17-10-9-16-34(35)38(43)30-13-5-4-6-14-30/h3-23,27,36,40H,24-26H2,1-2H3/t36-/m0/s1. The van der Waals surface area contributed by atoms with Crippen molar-refractivity contribution in [3.8, 4) is 5.75 Å². The number of ether oxygens (including phenoxy) is 2. The van der Waals surface area contributed by atoms with Gasteiger partial charge in [-0.2, -0.15) is 0 Å². The number of hydrogen-bond acceptors (Lipinski definition) is 6. The summed E-state index contributed by atoms with van der Waals surface area (Å²) in [6.07, 6.45) is 3.60. The molecule has 0 aromatic heterocycles. The van der Waals surface area contributed by atoms with E-state index in [1.807, 2.05) is 97.9 Å². The lowest BCUT2D eigenvalue weighted by Crippen LogP contribution is -2.33. The minimum Gasteiger partial charge on any atom is -0.492 e. The molecule has 5 rings (SSSR count). The van der Waals surface area contributed by atoms with Crippen molar-refractivity contribution in [2.24, 2.45) is 0 Å². The Hall–Kier alpha value is -5.69. The van der Waals surface area contributed by atoms with Gasteiger partial charge < -0.3 is 19.7 Å². The van der Waals surface area contributed by atoms with Gasteiger partial charge in [0, 0.05) is 28.9 Å². The molecule has 5 aromatic carbocycles. The highest BCUT2D eigenvalue weighted by Crippen LogP contribution is 2.24. The van der Waals surface area contributed by atoms with Crippen molar-refractivity contribution < 1.29 is 23.9 Å². The van der Waals surface area contributed by atoms with Crippen LogP contribution in [-0.2, 0) is 20.7 Å². The molecule has 0 aliphatic heterocycles. The van der Waals surface area contributed by atoms with E-state index in [4.69, 9.17) is 9.47 Å². The van der Waals surface area contributed by atoms with Crippen LogP contribution in [0.2, 0.25) is 0 Å². The topological polar surface area (TPSA) is 84.9 Å². The first-order chi connectivity index (χ1) is 22.5. The number of carbonyl (C=O) groups is 3. The highest BCUT2D eigenvalue weighted by atomic mass is 16.5. The van der Waals surface area contributed by atoms with Gasteiger partial charge in [0.05, 0.1) is 13.7 Å². The number of amides is 1. The maximum absolute atomic E-state index is 13.2. The lowest BCUT2D eigenvalue weighted by molar-refractivity contribution is -0.141. The fourth-order valence-electron chi connectivity index (χ4n) is 5.23. The summed E-state index contributed by atoms with van der Waals surface area (Å²) in [6, 6.07) is 36.9. The maximum atomic E-state index is 13.2. The number of para-hydroxylation sites is 1. The number of carbonyl (C=O) groups excluding carboxylic acids is 3. The summed E-state index contributed by atoms with van der Waals surface area (Å²) in [5.74, 6) is -0.0607. The third-order valence-electron chi connectivity index (χ3n) is 7.59. The van der Waals surface area contributed by atoms with E-state index < -0.39 is 12.0 Å². The Kier molecular flexibility index (Phi) is 10.6. The number of nitrogens with zero attached hydrogens (tertiary/aromatic N) is 1. The molecule has 0 saturated carbocycles. The third-order valence-corrected chi connectivity index (χ3v) is 7.59. The number of ketones is 1. The van der Waals surface area contributed by atoms with Crippen molar-refractivity contribution in [1.82, 2.24) is 0 Å². The summed E-state index contributed by atoms with van der Waals surface area (Å²) in [5.41, 5.74) is 3.26. The molecule has 0 aliphatic carbocycles. The number of fused-ring (bicyclic) bond motifs is 1. The molecule has 46 heavy (non-hydrogen) atoms. The quantitative estimate of drug-likeness (QED) is 0.0856. The lowest BCUT2D eigenvalue weighted by atomic mass is 10.00. The zero-order valence-corrected chi connectivity index (χ0v) is 25.9. The van der Waals surface area contributed by atoms with Gasteiger partial charge in [-0.05, 0) is 65.7 Å². The lowest BCUT2D eigenvalue weighted by Gasteiger charge is -2.22. The molecular weight excluding hydrogens is 576 g/mol. The molecule has 0 radical (unpaired) electrons. The van der Waals surface area contributed by atoms with Gasteiger partial charge in [-0.3, -0.25) is 9.59 Å². The summed E-state index contributed by atoms with van der Waals surface area (Å²) >= 11 is 0. The van der Waals surface area contributed by atoms with Crippen molar-refractivity contribution in [3.05, 3.63) is 150 Å². The molecule has 1 atom stereocenters. The van der Waals surface area contributed by atoms with E-state index >= 15 is 0 Å². The first kappa shape index (κ1) is 31.7. The zero-order chi connectivity index (χ0) is 32.3.